The van der Waals surface area contributed by atoms with Crippen LogP contribution in [0.15, 0.2) is 76.6 Å². The first-order valence-electron chi connectivity index (χ1n) is 11.4. The molecule has 0 spiro atoms. The number of benzene rings is 3. The number of nitrogens with one attached hydrogen (secondary N) is 1. The fourth-order valence-corrected chi connectivity index (χ4v) is 4.51. The molecule has 0 bridgehead atoms. The lowest BCUT2D eigenvalue weighted by Crippen LogP contribution is -2.23. The van der Waals surface area contributed by atoms with Crippen molar-refractivity contribution in [1.29, 1.82) is 0 Å². The van der Waals surface area contributed by atoms with Crippen LogP contribution in [0.4, 0.5) is 11.4 Å². The molecule has 1 heterocycles. The standard InChI is InChI=1S/C28H25N3O5S/c1-17-7-11-20(12-8-17)29-25(32)16-36-21-13-9-19(10-14-21)15-24-26(33)31(3)28(37-24)30-23-6-4-5-22(18(23)2)27(34)35/h4-15H,16H2,1-3H3,(H,29,32)(H,34,35)/b24-15-,30-28?. The third-order valence-corrected chi connectivity index (χ3v) is 6.70. The van der Waals surface area contributed by atoms with Gasteiger partial charge in [0.15, 0.2) is 11.8 Å². The van der Waals surface area contributed by atoms with Gasteiger partial charge in [-0.25, -0.2) is 9.79 Å². The summed E-state index contributed by atoms with van der Waals surface area (Å²) in [5.74, 6) is -0.964. The number of carbonyl (C=O) groups is 3. The van der Waals surface area contributed by atoms with Gasteiger partial charge >= 0.3 is 5.97 Å². The normalized spacial score (nSPS) is 15.3. The monoisotopic (exact) mass is 515 g/mol. The maximum Gasteiger partial charge on any atom is 0.336 e. The SMILES string of the molecule is Cc1ccc(NC(=O)COc2ccc(/C=C3\SC(=Nc4cccc(C(=O)O)c4C)N(C)C3=O)cc2)cc1. The number of aromatic carboxylic acids is 1. The molecule has 1 aliphatic heterocycles. The Morgan fingerprint density at radius 2 is 1.76 bits per heavy atom. The predicted octanol–water partition coefficient (Wildman–Crippen LogP) is 5.25. The summed E-state index contributed by atoms with van der Waals surface area (Å²) in [4.78, 5) is 42.8. The number of aryl methyl sites for hydroxylation is 1. The smallest absolute Gasteiger partial charge is 0.336 e. The van der Waals surface area contributed by atoms with Crippen molar-refractivity contribution in [2.75, 3.05) is 19.0 Å². The molecule has 0 aromatic heterocycles. The van der Waals surface area contributed by atoms with Gasteiger partial charge in [0.25, 0.3) is 11.8 Å². The van der Waals surface area contributed by atoms with E-state index in [4.69, 9.17) is 4.74 Å². The minimum Gasteiger partial charge on any atom is -0.484 e. The molecule has 3 aromatic rings. The summed E-state index contributed by atoms with van der Waals surface area (Å²) in [7, 11) is 1.63. The Bertz CT molecular complexity index is 1410. The van der Waals surface area contributed by atoms with E-state index in [1.54, 1.807) is 56.4 Å². The molecule has 2 amide bonds. The van der Waals surface area contributed by atoms with Gasteiger partial charge in [-0.3, -0.25) is 14.5 Å². The van der Waals surface area contributed by atoms with E-state index in [2.05, 4.69) is 10.3 Å². The van der Waals surface area contributed by atoms with E-state index in [0.29, 0.717) is 32.8 Å². The average molecular weight is 516 g/mol. The van der Waals surface area contributed by atoms with Gasteiger partial charge < -0.3 is 15.2 Å². The zero-order chi connectivity index (χ0) is 26.5. The Morgan fingerprint density at radius 1 is 1.05 bits per heavy atom. The molecule has 0 saturated carbocycles. The topological polar surface area (TPSA) is 108 Å². The number of nitrogens with zero attached hydrogens (tertiary/aromatic N) is 2. The highest BCUT2D eigenvalue weighted by Gasteiger charge is 2.30. The molecule has 1 aliphatic rings. The lowest BCUT2D eigenvalue weighted by atomic mass is 10.1. The van der Waals surface area contributed by atoms with Crippen LogP contribution < -0.4 is 10.1 Å². The minimum absolute atomic E-state index is 0.129. The van der Waals surface area contributed by atoms with E-state index in [9.17, 15) is 19.5 Å². The second-order valence-electron chi connectivity index (χ2n) is 8.40. The lowest BCUT2D eigenvalue weighted by molar-refractivity contribution is -0.121. The molecule has 1 fully saturated rings. The highest BCUT2D eigenvalue weighted by Crippen LogP contribution is 2.34. The summed E-state index contributed by atoms with van der Waals surface area (Å²) in [6.45, 7) is 3.54. The summed E-state index contributed by atoms with van der Waals surface area (Å²) < 4.78 is 5.57. The number of likely N-dealkylation sites (N-methyl/N-ethyl adjacent to an activating group) is 1. The number of ether oxygens (including phenoxy) is 1. The number of rotatable bonds is 7. The summed E-state index contributed by atoms with van der Waals surface area (Å²) >= 11 is 1.22. The van der Waals surface area contributed by atoms with E-state index in [0.717, 1.165) is 11.1 Å². The highest BCUT2D eigenvalue weighted by molar-refractivity contribution is 8.18. The number of carboxylic acid groups (broad SMARTS) is 1. The van der Waals surface area contributed by atoms with Crippen LogP contribution in [0.5, 0.6) is 5.75 Å². The van der Waals surface area contributed by atoms with E-state index < -0.39 is 5.97 Å². The van der Waals surface area contributed by atoms with Crippen molar-refractivity contribution in [1.82, 2.24) is 4.90 Å². The Hall–Kier alpha value is -4.37. The van der Waals surface area contributed by atoms with Crippen molar-refractivity contribution in [3.8, 4) is 5.75 Å². The first-order chi connectivity index (χ1) is 17.7. The summed E-state index contributed by atoms with van der Waals surface area (Å²) in [5, 5.41) is 12.6. The number of carbonyl (C=O) groups excluding carboxylic acids is 2. The number of aliphatic imine (C=N–C) groups is 1. The predicted molar refractivity (Wildman–Crippen MR) is 145 cm³/mol. The summed E-state index contributed by atoms with van der Waals surface area (Å²) in [6, 6.07) is 19.4. The first-order valence-corrected chi connectivity index (χ1v) is 12.2. The molecular formula is C28H25N3O5S. The van der Waals surface area contributed by atoms with E-state index in [1.807, 2.05) is 31.2 Å². The Kier molecular flexibility index (Phi) is 7.74. The number of hydrogen-bond donors (Lipinski definition) is 2. The van der Waals surface area contributed by atoms with Crippen LogP contribution in [0.25, 0.3) is 6.08 Å². The molecule has 0 atom stereocenters. The Labute approximate surface area is 218 Å². The molecule has 37 heavy (non-hydrogen) atoms. The van der Waals surface area contributed by atoms with Crippen LogP contribution in [0.1, 0.15) is 27.0 Å². The highest BCUT2D eigenvalue weighted by atomic mass is 32.2. The maximum absolute atomic E-state index is 12.8. The number of thioether (sulfide) groups is 1. The number of hydrogen-bond acceptors (Lipinski definition) is 6. The van der Waals surface area contributed by atoms with Crippen LogP contribution in [-0.2, 0) is 9.59 Å². The molecule has 2 N–H and O–H groups in total. The molecule has 0 aliphatic carbocycles. The molecule has 3 aromatic carbocycles. The zero-order valence-electron chi connectivity index (χ0n) is 20.5. The van der Waals surface area contributed by atoms with Gasteiger partial charge in [0, 0.05) is 12.7 Å². The van der Waals surface area contributed by atoms with E-state index in [-0.39, 0.29) is 24.0 Å². The van der Waals surface area contributed by atoms with Crippen molar-refractivity contribution >= 4 is 52.2 Å². The third kappa shape index (κ3) is 6.25. The number of amides is 2. The minimum atomic E-state index is -1.03. The summed E-state index contributed by atoms with van der Waals surface area (Å²) in [5.41, 5.74) is 3.80. The first kappa shape index (κ1) is 25.7. The molecule has 0 radical (unpaired) electrons. The molecule has 9 heteroatoms. The van der Waals surface area contributed by atoms with Crippen LogP contribution >= 0.6 is 11.8 Å². The van der Waals surface area contributed by atoms with E-state index >= 15 is 0 Å². The Morgan fingerprint density at radius 3 is 2.43 bits per heavy atom. The van der Waals surface area contributed by atoms with Crippen molar-refractivity contribution in [3.05, 3.63) is 93.9 Å². The van der Waals surface area contributed by atoms with Crippen LogP contribution in [-0.4, -0.2) is 46.6 Å². The van der Waals surface area contributed by atoms with Crippen LogP contribution in [0.3, 0.4) is 0 Å². The molecule has 0 unspecified atom stereocenters. The number of anilines is 1. The van der Waals surface area contributed by atoms with Crippen LogP contribution in [0.2, 0.25) is 0 Å². The lowest BCUT2D eigenvalue weighted by Gasteiger charge is -2.09. The number of amidine groups is 1. The molecule has 8 nitrogen and oxygen atoms in total. The van der Waals surface area contributed by atoms with Gasteiger partial charge in [-0.05, 0) is 79.2 Å². The largest absolute Gasteiger partial charge is 0.484 e. The molecule has 188 valence electrons. The van der Waals surface area contributed by atoms with Crippen molar-refractivity contribution in [2.45, 2.75) is 13.8 Å². The second kappa shape index (κ2) is 11.1. The molecule has 1 saturated heterocycles. The zero-order valence-corrected chi connectivity index (χ0v) is 21.3. The average Bonchev–Trinajstić information content (AvgIpc) is 3.13. The van der Waals surface area contributed by atoms with Crippen molar-refractivity contribution in [2.24, 2.45) is 4.99 Å². The van der Waals surface area contributed by atoms with E-state index in [1.165, 1.54) is 22.7 Å². The number of carboxylic acids is 1. The van der Waals surface area contributed by atoms with Gasteiger partial charge in [0.2, 0.25) is 0 Å². The fraction of sp³-hybridized carbons (Fsp3) is 0.143. The summed E-state index contributed by atoms with van der Waals surface area (Å²) in [6.07, 6.45) is 1.75. The van der Waals surface area contributed by atoms with Crippen molar-refractivity contribution < 1.29 is 24.2 Å². The molecule has 4 rings (SSSR count). The van der Waals surface area contributed by atoms with Crippen LogP contribution in [0, 0.1) is 13.8 Å². The van der Waals surface area contributed by atoms with Crippen molar-refractivity contribution in [3.63, 3.8) is 0 Å². The fourth-order valence-electron chi connectivity index (χ4n) is 3.53. The third-order valence-electron chi connectivity index (χ3n) is 5.64. The van der Waals surface area contributed by atoms with Gasteiger partial charge in [-0.15, -0.1) is 0 Å². The maximum atomic E-state index is 12.8. The molecular weight excluding hydrogens is 490 g/mol. The quantitative estimate of drug-likeness (QED) is 0.416. The van der Waals surface area contributed by atoms with Gasteiger partial charge in [-0.1, -0.05) is 35.9 Å². The second-order valence-corrected chi connectivity index (χ2v) is 9.41. The Balaban J connectivity index is 1.40. The van der Waals surface area contributed by atoms with Gasteiger partial charge in [0.1, 0.15) is 5.75 Å². The van der Waals surface area contributed by atoms with Gasteiger partial charge in [0.05, 0.1) is 16.2 Å². The van der Waals surface area contributed by atoms with Gasteiger partial charge in [-0.2, -0.15) is 0 Å².